The van der Waals surface area contributed by atoms with Gasteiger partial charge in [0.05, 0.1) is 35.1 Å². The number of aromatic nitrogens is 1. The van der Waals surface area contributed by atoms with Crippen molar-refractivity contribution >= 4 is 23.3 Å². The fraction of sp³-hybridized carbons (Fsp3) is 0.500. The summed E-state index contributed by atoms with van der Waals surface area (Å²) < 4.78 is 6.25. The Balaban J connectivity index is 1.76. The van der Waals surface area contributed by atoms with Crippen molar-refractivity contribution in [3.05, 3.63) is 70.3 Å². The minimum absolute atomic E-state index is 0.00725. The van der Waals surface area contributed by atoms with E-state index in [1.54, 1.807) is 17.4 Å². The van der Waals surface area contributed by atoms with Crippen LogP contribution in [0.2, 0.25) is 0 Å². The lowest BCUT2D eigenvalue weighted by molar-refractivity contribution is -0.116. The van der Waals surface area contributed by atoms with Crippen molar-refractivity contribution < 1.29 is 14.6 Å². The fourth-order valence-corrected chi connectivity index (χ4v) is 5.10. The molecule has 3 heterocycles. The normalized spacial score (nSPS) is 31.9. The molecule has 5 atom stereocenters. The van der Waals surface area contributed by atoms with Crippen LogP contribution in [0.25, 0.3) is 6.08 Å². The lowest BCUT2D eigenvalue weighted by Gasteiger charge is -2.28. The van der Waals surface area contributed by atoms with E-state index in [1.807, 2.05) is 43.5 Å². The molecule has 34 heavy (non-hydrogen) atoms. The maximum Gasteiger partial charge on any atom is 0.244 e. The molecular formula is C28H38N2O3S. The van der Waals surface area contributed by atoms with Gasteiger partial charge < -0.3 is 15.2 Å². The highest BCUT2D eigenvalue weighted by molar-refractivity contribution is 7.09. The SMILES string of the molecule is C=C1C[C@H](C)C[C@@H]2CC=C[C@@H](C/C=C\C(=O)N[C@H](/C(C)=C/c3csc(C)n3)C/C=C/[C@@H](O)C1)O2. The smallest absolute Gasteiger partial charge is 0.244 e. The maximum absolute atomic E-state index is 12.7. The zero-order valence-corrected chi connectivity index (χ0v) is 21.4. The molecule has 184 valence electrons. The molecule has 0 unspecified atom stereocenters. The number of thiazole rings is 1. The highest BCUT2D eigenvalue weighted by Crippen LogP contribution is 2.26. The highest BCUT2D eigenvalue weighted by atomic mass is 32.1. The molecule has 6 heteroatoms. The number of nitrogens with one attached hydrogen (secondary N) is 1. The van der Waals surface area contributed by atoms with Crippen molar-refractivity contribution in [3.63, 3.8) is 0 Å². The molecule has 0 aromatic carbocycles. The van der Waals surface area contributed by atoms with Crippen molar-refractivity contribution in [3.8, 4) is 0 Å². The summed E-state index contributed by atoms with van der Waals surface area (Å²) in [6, 6.07) is -0.195. The van der Waals surface area contributed by atoms with Gasteiger partial charge in [-0.2, -0.15) is 0 Å². The molecule has 0 radical (unpaired) electrons. The minimum atomic E-state index is -0.585. The van der Waals surface area contributed by atoms with Crippen LogP contribution in [0.1, 0.15) is 63.1 Å². The van der Waals surface area contributed by atoms with E-state index in [9.17, 15) is 9.90 Å². The Morgan fingerprint density at radius 2 is 2.03 bits per heavy atom. The number of amides is 1. The highest BCUT2D eigenvalue weighted by Gasteiger charge is 2.21. The van der Waals surface area contributed by atoms with Gasteiger partial charge >= 0.3 is 0 Å². The number of rotatable bonds is 2. The van der Waals surface area contributed by atoms with E-state index >= 15 is 0 Å². The van der Waals surface area contributed by atoms with Gasteiger partial charge in [-0.1, -0.05) is 49.5 Å². The van der Waals surface area contributed by atoms with Crippen LogP contribution in [-0.4, -0.2) is 40.4 Å². The van der Waals surface area contributed by atoms with E-state index in [-0.39, 0.29) is 24.2 Å². The summed E-state index contributed by atoms with van der Waals surface area (Å²) in [7, 11) is 0. The summed E-state index contributed by atoms with van der Waals surface area (Å²) >= 11 is 1.60. The van der Waals surface area contributed by atoms with Gasteiger partial charge in [0.1, 0.15) is 0 Å². The summed E-state index contributed by atoms with van der Waals surface area (Å²) in [5.74, 6) is 0.299. The Kier molecular flexibility index (Phi) is 10.1. The third kappa shape index (κ3) is 8.82. The monoisotopic (exact) mass is 482 g/mol. The molecule has 2 N–H and O–H groups in total. The lowest BCUT2D eigenvalue weighted by atomic mass is 9.91. The molecule has 1 aromatic rings. The van der Waals surface area contributed by atoms with Gasteiger partial charge in [-0.25, -0.2) is 4.98 Å². The van der Waals surface area contributed by atoms with E-state index in [1.165, 1.54) is 0 Å². The van der Waals surface area contributed by atoms with Gasteiger partial charge in [0.2, 0.25) is 5.91 Å². The van der Waals surface area contributed by atoms with Crippen molar-refractivity contribution in [2.24, 2.45) is 5.92 Å². The van der Waals surface area contributed by atoms with Crippen LogP contribution in [0.3, 0.4) is 0 Å². The fourth-order valence-electron chi connectivity index (χ4n) is 4.53. The first kappa shape index (κ1) is 26.3. The largest absolute Gasteiger partial charge is 0.389 e. The van der Waals surface area contributed by atoms with Crippen molar-refractivity contribution in [2.45, 2.75) is 83.6 Å². The van der Waals surface area contributed by atoms with Crippen LogP contribution < -0.4 is 5.32 Å². The molecule has 0 spiro atoms. The average molecular weight is 483 g/mol. The summed E-state index contributed by atoms with van der Waals surface area (Å²) in [5, 5.41) is 16.6. The van der Waals surface area contributed by atoms with E-state index in [2.05, 4.69) is 36.0 Å². The first-order valence-corrected chi connectivity index (χ1v) is 13.1. The molecule has 0 saturated carbocycles. The van der Waals surface area contributed by atoms with Gasteiger partial charge in [0, 0.05) is 5.38 Å². The van der Waals surface area contributed by atoms with Gasteiger partial charge in [-0.3, -0.25) is 4.79 Å². The summed E-state index contributed by atoms with van der Waals surface area (Å²) in [4.78, 5) is 17.2. The average Bonchev–Trinajstić information content (AvgIpc) is 3.16. The number of ether oxygens (including phenoxy) is 1. The minimum Gasteiger partial charge on any atom is -0.389 e. The van der Waals surface area contributed by atoms with Crippen LogP contribution in [0, 0.1) is 12.8 Å². The van der Waals surface area contributed by atoms with E-state index < -0.39 is 6.10 Å². The van der Waals surface area contributed by atoms with Gasteiger partial charge in [-0.05, 0) is 76.0 Å². The Morgan fingerprint density at radius 1 is 1.24 bits per heavy atom. The van der Waals surface area contributed by atoms with Crippen LogP contribution in [0.15, 0.2) is 59.6 Å². The van der Waals surface area contributed by atoms with E-state index in [4.69, 9.17) is 4.74 Å². The standard InChI is InChI=1S/C28H38N2O3S/c1-19-14-20(2)16-26-11-6-9-25(33-26)10-7-13-28(32)30-27(12-5-8-24(31)15-19)21(3)17-23-18-34-22(4)29-23/h5-9,13,17-18,20,24-27,31H,1,10-12,14-16H2,2-4H3,(H,30,32)/b8-5+,13-7-,21-17+/t20-,24+,25-,26-,27-/m0/s1. The second kappa shape index (κ2) is 13.0. The zero-order valence-electron chi connectivity index (χ0n) is 20.6. The van der Waals surface area contributed by atoms with Crippen LogP contribution in [-0.2, 0) is 9.53 Å². The molecule has 0 fully saturated rings. The summed E-state index contributed by atoms with van der Waals surface area (Å²) in [6.07, 6.45) is 17.7. The third-order valence-electron chi connectivity index (χ3n) is 6.16. The molecule has 2 bridgehead atoms. The number of aliphatic hydroxyl groups is 1. The molecule has 0 saturated heterocycles. The number of hydrogen-bond donors (Lipinski definition) is 2. The predicted molar refractivity (Wildman–Crippen MR) is 141 cm³/mol. The summed E-state index contributed by atoms with van der Waals surface area (Å²) in [6.45, 7) is 10.4. The molecule has 3 rings (SSSR count). The molecular weight excluding hydrogens is 444 g/mol. The lowest BCUT2D eigenvalue weighted by Crippen LogP contribution is -2.34. The number of nitrogens with zero attached hydrogens (tertiary/aromatic N) is 1. The van der Waals surface area contributed by atoms with Crippen molar-refractivity contribution in [2.75, 3.05) is 0 Å². The number of aliphatic hydroxyl groups excluding tert-OH is 1. The van der Waals surface area contributed by atoms with Crippen LogP contribution in [0.4, 0.5) is 0 Å². The van der Waals surface area contributed by atoms with Gasteiger partial charge in [0.25, 0.3) is 0 Å². The maximum atomic E-state index is 12.7. The Hall–Kier alpha value is -2.28. The molecule has 5 nitrogen and oxygen atoms in total. The molecule has 1 aromatic heterocycles. The van der Waals surface area contributed by atoms with E-state index in [0.29, 0.717) is 25.2 Å². The van der Waals surface area contributed by atoms with Crippen molar-refractivity contribution in [1.29, 1.82) is 0 Å². The quantitative estimate of drug-likeness (QED) is 0.532. The second-order valence-corrected chi connectivity index (χ2v) is 10.6. The Labute approximate surface area is 208 Å². The Bertz CT molecular complexity index is 959. The van der Waals surface area contributed by atoms with Gasteiger partial charge in [-0.15, -0.1) is 11.3 Å². The number of carbonyl (C=O) groups is 1. The first-order chi connectivity index (χ1) is 16.3. The van der Waals surface area contributed by atoms with Crippen LogP contribution >= 0.6 is 11.3 Å². The van der Waals surface area contributed by atoms with Crippen LogP contribution in [0.5, 0.6) is 0 Å². The van der Waals surface area contributed by atoms with Gasteiger partial charge in [0.15, 0.2) is 0 Å². The zero-order chi connectivity index (χ0) is 24.5. The van der Waals surface area contributed by atoms with Crippen molar-refractivity contribution in [1.82, 2.24) is 10.3 Å². The molecule has 2 aliphatic rings. The number of carbonyl (C=O) groups excluding carboxylic acids is 1. The Morgan fingerprint density at radius 3 is 2.79 bits per heavy atom. The second-order valence-electron chi connectivity index (χ2n) is 9.57. The number of aryl methyl sites for hydroxylation is 1. The first-order valence-electron chi connectivity index (χ1n) is 12.2. The molecule has 2 aliphatic heterocycles. The number of fused-ring (bicyclic) bond motifs is 2. The third-order valence-corrected chi connectivity index (χ3v) is 6.95. The topological polar surface area (TPSA) is 71.5 Å². The number of hydrogen-bond acceptors (Lipinski definition) is 5. The molecule has 1 amide bonds. The summed E-state index contributed by atoms with van der Waals surface area (Å²) in [5.41, 5.74) is 2.96. The molecule has 0 aliphatic carbocycles. The predicted octanol–water partition coefficient (Wildman–Crippen LogP) is 5.68. The van der Waals surface area contributed by atoms with E-state index in [0.717, 1.165) is 41.1 Å².